The van der Waals surface area contributed by atoms with Crippen molar-refractivity contribution in [3.8, 4) is 5.75 Å². The number of carboxylic acid groups (broad SMARTS) is 1. The molecule has 2 N–H and O–H groups in total. The molecule has 0 bridgehead atoms. The van der Waals surface area contributed by atoms with Crippen molar-refractivity contribution in [2.75, 3.05) is 12.9 Å². The minimum absolute atomic E-state index is 0.104. The fourth-order valence-electron chi connectivity index (χ4n) is 1.42. The zero-order chi connectivity index (χ0) is 14.3. The fraction of sp³-hybridized carbons (Fsp3) is 0.417. The lowest BCUT2D eigenvalue weighted by atomic mass is 10.2. The van der Waals surface area contributed by atoms with Crippen molar-refractivity contribution in [1.82, 2.24) is 4.72 Å². The van der Waals surface area contributed by atoms with Crippen molar-refractivity contribution in [1.29, 1.82) is 0 Å². The van der Waals surface area contributed by atoms with Gasteiger partial charge >= 0.3 is 5.97 Å². The molecular formula is C12H17NO5S. The number of aliphatic carboxylic acids is 1. The number of rotatable bonds is 8. The number of sulfonamides is 1. The first-order valence-corrected chi connectivity index (χ1v) is 7.40. The Bertz CT molecular complexity index is 509. The van der Waals surface area contributed by atoms with Crippen LogP contribution in [0.1, 0.15) is 18.4 Å². The van der Waals surface area contributed by atoms with Gasteiger partial charge in [0.15, 0.2) is 0 Å². The number of methoxy groups -OCH3 is 1. The SMILES string of the molecule is COc1ccc(CNS(=O)(=O)CCCC(=O)O)cc1. The van der Waals surface area contributed by atoms with Gasteiger partial charge in [-0.1, -0.05) is 12.1 Å². The minimum atomic E-state index is -3.44. The summed E-state index contributed by atoms with van der Waals surface area (Å²) in [7, 11) is -1.88. The van der Waals surface area contributed by atoms with Crippen LogP contribution < -0.4 is 9.46 Å². The van der Waals surface area contributed by atoms with Crippen molar-refractivity contribution >= 4 is 16.0 Å². The van der Waals surface area contributed by atoms with E-state index in [0.29, 0.717) is 5.75 Å². The Labute approximate surface area is 112 Å². The maximum atomic E-state index is 11.6. The molecule has 1 aromatic carbocycles. The van der Waals surface area contributed by atoms with Gasteiger partial charge in [-0.3, -0.25) is 4.79 Å². The van der Waals surface area contributed by atoms with Gasteiger partial charge in [0.1, 0.15) is 5.75 Å². The Balaban J connectivity index is 2.43. The second-order valence-electron chi connectivity index (χ2n) is 3.99. The average molecular weight is 287 g/mol. The second-order valence-corrected chi connectivity index (χ2v) is 5.91. The van der Waals surface area contributed by atoms with Crippen LogP contribution in [0.4, 0.5) is 0 Å². The van der Waals surface area contributed by atoms with Gasteiger partial charge in [-0.2, -0.15) is 0 Å². The zero-order valence-corrected chi connectivity index (χ0v) is 11.4. The standard InChI is InChI=1S/C12H17NO5S/c1-18-11-6-4-10(5-7-11)9-13-19(16,17)8-2-3-12(14)15/h4-7,13H,2-3,8-9H2,1H3,(H,14,15). The lowest BCUT2D eigenvalue weighted by Crippen LogP contribution is -2.26. The Morgan fingerprint density at radius 2 is 1.95 bits per heavy atom. The fourth-order valence-corrected chi connectivity index (χ4v) is 2.48. The van der Waals surface area contributed by atoms with E-state index in [1.165, 1.54) is 0 Å². The highest BCUT2D eigenvalue weighted by Crippen LogP contribution is 2.11. The first-order valence-electron chi connectivity index (χ1n) is 5.75. The largest absolute Gasteiger partial charge is 0.497 e. The highest BCUT2D eigenvalue weighted by Gasteiger charge is 2.10. The Hall–Kier alpha value is -1.60. The van der Waals surface area contributed by atoms with E-state index in [1.807, 2.05) is 0 Å². The summed E-state index contributed by atoms with van der Waals surface area (Å²) in [5.41, 5.74) is 0.808. The molecule has 0 amide bonds. The third-order valence-electron chi connectivity index (χ3n) is 2.46. The van der Waals surface area contributed by atoms with Crippen molar-refractivity contribution in [2.24, 2.45) is 0 Å². The summed E-state index contributed by atoms with van der Waals surface area (Å²) < 4.78 is 30.6. The average Bonchev–Trinajstić information content (AvgIpc) is 2.36. The molecule has 0 heterocycles. The monoisotopic (exact) mass is 287 g/mol. The van der Waals surface area contributed by atoms with Crippen molar-refractivity contribution < 1.29 is 23.1 Å². The molecule has 0 atom stereocenters. The molecule has 7 heteroatoms. The van der Waals surface area contributed by atoms with Crippen LogP contribution in [0.25, 0.3) is 0 Å². The third-order valence-corrected chi connectivity index (χ3v) is 3.87. The van der Waals surface area contributed by atoms with E-state index in [9.17, 15) is 13.2 Å². The molecule has 0 saturated carbocycles. The second kappa shape index (κ2) is 7.10. The lowest BCUT2D eigenvalue weighted by Gasteiger charge is -2.07. The number of carbonyl (C=O) groups is 1. The topological polar surface area (TPSA) is 92.7 Å². The zero-order valence-electron chi connectivity index (χ0n) is 10.6. The highest BCUT2D eigenvalue weighted by atomic mass is 32.2. The molecule has 0 unspecified atom stereocenters. The number of nitrogens with one attached hydrogen (secondary N) is 1. The van der Waals surface area contributed by atoms with Crippen LogP contribution in [0.3, 0.4) is 0 Å². The van der Waals surface area contributed by atoms with Gasteiger partial charge in [0.05, 0.1) is 12.9 Å². The summed E-state index contributed by atoms with van der Waals surface area (Å²) in [5, 5.41) is 8.44. The molecule has 1 rings (SSSR count). The van der Waals surface area contributed by atoms with E-state index < -0.39 is 16.0 Å². The van der Waals surface area contributed by atoms with Gasteiger partial charge < -0.3 is 9.84 Å². The first-order chi connectivity index (χ1) is 8.93. The van der Waals surface area contributed by atoms with Crippen LogP contribution in [-0.2, 0) is 21.4 Å². The van der Waals surface area contributed by atoms with Crippen LogP contribution in [-0.4, -0.2) is 32.4 Å². The summed E-state index contributed by atoms with van der Waals surface area (Å²) in [6.45, 7) is 0.180. The quantitative estimate of drug-likeness (QED) is 0.743. The summed E-state index contributed by atoms with van der Waals surface area (Å²) in [4.78, 5) is 10.3. The Morgan fingerprint density at radius 1 is 1.32 bits per heavy atom. The van der Waals surface area contributed by atoms with E-state index >= 15 is 0 Å². The molecule has 0 saturated heterocycles. The smallest absolute Gasteiger partial charge is 0.303 e. The van der Waals surface area contributed by atoms with Crippen LogP contribution in [0, 0.1) is 0 Å². The first kappa shape index (κ1) is 15.5. The van der Waals surface area contributed by atoms with E-state index in [2.05, 4.69) is 4.72 Å². The maximum Gasteiger partial charge on any atom is 0.303 e. The van der Waals surface area contributed by atoms with Crippen LogP contribution in [0.5, 0.6) is 5.75 Å². The summed E-state index contributed by atoms with van der Waals surface area (Å²) in [6.07, 6.45) is -0.0449. The van der Waals surface area contributed by atoms with Crippen LogP contribution in [0.2, 0.25) is 0 Å². The molecule has 0 spiro atoms. The molecule has 0 radical (unpaired) electrons. The van der Waals surface area contributed by atoms with Gasteiger partial charge in [0.2, 0.25) is 10.0 Å². The minimum Gasteiger partial charge on any atom is -0.497 e. The van der Waals surface area contributed by atoms with Crippen molar-refractivity contribution in [2.45, 2.75) is 19.4 Å². The molecule has 0 aliphatic rings. The predicted octanol–water partition coefficient (Wildman–Crippen LogP) is 0.979. The van der Waals surface area contributed by atoms with Gasteiger partial charge in [0, 0.05) is 13.0 Å². The number of benzene rings is 1. The summed E-state index contributed by atoms with van der Waals surface area (Å²) in [6, 6.07) is 7.01. The third kappa shape index (κ3) is 6.21. The van der Waals surface area contributed by atoms with Gasteiger partial charge in [-0.05, 0) is 24.1 Å². The summed E-state index contributed by atoms with van der Waals surface area (Å²) >= 11 is 0. The molecule has 106 valence electrons. The number of hydrogen-bond acceptors (Lipinski definition) is 4. The molecule has 1 aromatic rings. The van der Waals surface area contributed by atoms with Crippen LogP contribution in [0.15, 0.2) is 24.3 Å². The lowest BCUT2D eigenvalue weighted by molar-refractivity contribution is -0.137. The maximum absolute atomic E-state index is 11.6. The number of hydrogen-bond donors (Lipinski definition) is 2. The molecule has 0 aliphatic carbocycles. The molecule has 0 fully saturated rings. The van der Waals surface area contributed by atoms with E-state index in [0.717, 1.165) is 5.56 Å². The molecule has 6 nitrogen and oxygen atoms in total. The summed E-state index contributed by atoms with van der Waals surface area (Å²) in [5.74, 6) is -0.478. The number of ether oxygens (including phenoxy) is 1. The number of carboxylic acids is 1. The Kier molecular flexibility index (Phi) is 5.78. The molecule has 0 aliphatic heterocycles. The Morgan fingerprint density at radius 3 is 2.47 bits per heavy atom. The van der Waals surface area contributed by atoms with Crippen LogP contribution >= 0.6 is 0 Å². The van der Waals surface area contributed by atoms with Crippen molar-refractivity contribution in [3.05, 3.63) is 29.8 Å². The van der Waals surface area contributed by atoms with E-state index in [4.69, 9.17) is 9.84 Å². The van der Waals surface area contributed by atoms with Gasteiger partial charge in [0.25, 0.3) is 0 Å². The van der Waals surface area contributed by atoms with Gasteiger partial charge in [-0.25, -0.2) is 13.1 Å². The van der Waals surface area contributed by atoms with Gasteiger partial charge in [-0.15, -0.1) is 0 Å². The molecule has 0 aromatic heterocycles. The normalized spacial score (nSPS) is 11.2. The molecular weight excluding hydrogens is 270 g/mol. The predicted molar refractivity (Wildman–Crippen MR) is 70.5 cm³/mol. The molecule has 19 heavy (non-hydrogen) atoms. The van der Waals surface area contributed by atoms with Crippen molar-refractivity contribution in [3.63, 3.8) is 0 Å². The van der Waals surface area contributed by atoms with E-state index in [-0.39, 0.29) is 25.1 Å². The van der Waals surface area contributed by atoms with E-state index in [1.54, 1.807) is 31.4 Å². The highest BCUT2D eigenvalue weighted by molar-refractivity contribution is 7.89.